The summed E-state index contributed by atoms with van der Waals surface area (Å²) in [6, 6.07) is 3.44. The van der Waals surface area contributed by atoms with Gasteiger partial charge >= 0.3 is 0 Å². The van der Waals surface area contributed by atoms with Gasteiger partial charge in [0.15, 0.2) is 5.82 Å². The van der Waals surface area contributed by atoms with Gasteiger partial charge in [-0.15, -0.1) is 0 Å². The van der Waals surface area contributed by atoms with Crippen molar-refractivity contribution in [3.8, 4) is 0 Å². The molecule has 128 valence electrons. The van der Waals surface area contributed by atoms with Crippen molar-refractivity contribution in [3.63, 3.8) is 0 Å². The Kier molecular flexibility index (Phi) is 4.51. The summed E-state index contributed by atoms with van der Waals surface area (Å²) >= 11 is 0. The predicted molar refractivity (Wildman–Crippen MR) is 90.0 cm³/mol. The Morgan fingerprint density at radius 2 is 2.21 bits per heavy atom. The van der Waals surface area contributed by atoms with Gasteiger partial charge in [-0.3, -0.25) is 4.79 Å². The van der Waals surface area contributed by atoms with Crippen molar-refractivity contribution >= 4 is 11.7 Å². The molecule has 0 N–H and O–H groups in total. The maximum Gasteiger partial charge on any atom is 0.254 e. The predicted octanol–water partition coefficient (Wildman–Crippen LogP) is 2.63. The quantitative estimate of drug-likeness (QED) is 0.858. The van der Waals surface area contributed by atoms with Gasteiger partial charge in [0.2, 0.25) is 5.89 Å². The first-order chi connectivity index (χ1) is 11.5. The molecule has 1 aliphatic heterocycles. The highest BCUT2D eigenvalue weighted by atomic mass is 16.5. The molecule has 3 heterocycles. The number of aromatic nitrogens is 3. The van der Waals surface area contributed by atoms with Crippen LogP contribution in [0.25, 0.3) is 0 Å². The van der Waals surface area contributed by atoms with E-state index in [1.807, 2.05) is 43.8 Å². The van der Waals surface area contributed by atoms with E-state index in [2.05, 4.69) is 15.1 Å². The molecule has 0 saturated carbocycles. The molecule has 0 aromatic carbocycles. The van der Waals surface area contributed by atoms with Crippen molar-refractivity contribution in [2.24, 2.45) is 0 Å². The van der Waals surface area contributed by atoms with Crippen LogP contribution in [0.1, 0.15) is 60.7 Å². The second-order valence-electron chi connectivity index (χ2n) is 6.60. The number of amides is 1. The summed E-state index contributed by atoms with van der Waals surface area (Å²) in [5.74, 6) is 2.14. The molecule has 7 heteroatoms. The molecule has 1 amide bonds. The van der Waals surface area contributed by atoms with E-state index in [-0.39, 0.29) is 17.9 Å². The Labute approximate surface area is 141 Å². The van der Waals surface area contributed by atoms with E-state index < -0.39 is 0 Å². The van der Waals surface area contributed by atoms with E-state index in [9.17, 15) is 4.79 Å². The third-order valence-electron chi connectivity index (χ3n) is 4.21. The second-order valence-corrected chi connectivity index (χ2v) is 6.60. The molecule has 0 spiro atoms. The van der Waals surface area contributed by atoms with E-state index in [1.165, 1.54) is 0 Å². The first-order valence-corrected chi connectivity index (χ1v) is 8.25. The fourth-order valence-corrected chi connectivity index (χ4v) is 2.86. The Bertz CT molecular complexity index is 725. The molecule has 3 rings (SSSR count). The van der Waals surface area contributed by atoms with Crippen LogP contribution < -0.4 is 4.90 Å². The molecule has 0 unspecified atom stereocenters. The highest BCUT2D eigenvalue weighted by molar-refractivity contribution is 5.95. The van der Waals surface area contributed by atoms with Crippen LogP contribution in [-0.4, -0.2) is 46.6 Å². The van der Waals surface area contributed by atoms with Crippen LogP contribution in [0.2, 0.25) is 0 Å². The minimum absolute atomic E-state index is 0.0149. The van der Waals surface area contributed by atoms with Gasteiger partial charge in [-0.1, -0.05) is 19.0 Å². The Balaban J connectivity index is 1.84. The molecule has 2 aromatic heterocycles. The van der Waals surface area contributed by atoms with Crippen LogP contribution >= 0.6 is 0 Å². The van der Waals surface area contributed by atoms with Crippen molar-refractivity contribution in [2.75, 3.05) is 25.5 Å². The monoisotopic (exact) mass is 329 g/mol. The number of pyridine rings is 1. The molecule has 1 aliphatic rings. The summed E-state index contributed by atoms with van der Waals surface area (Å²) in [6.07, 6.45) is 3.46. The molecule has 1 fully saturated rings. The number of likely N-dealkylation sites (tertiary alicyclic amines) is 1. The van der Waals surface area contributed by atoms with Gasteiger partial charge in [-0.05, 0) is 25.0 Å². The van der Waals surface area contributed by atoms with E-state index in [0.717, 1.165) is 18.7 Å². The normalized spacial score (nSPS) is 17.5. The van der Waals surface area contributed by atoms with Crippen LogP contribution in [0, 0.1) is 0 Å². The van der Waals surface area contributed by atoms with Crippen molar-refractivity contribution in [1.82, 2.24) is 20.0 Å². The summed E-state index contributed by atoms with van der Waals surface area (Å²) in [5, 5.41) is 4.09. The lowest BCUT2D eigenvalue weighted by molar-refractivity contribution is 0.0728. The zero-order valence-corrected chi connectivity index (χ0v) is 14.6. The summed E-state index contributed by atoms with van der Waals surface area (Å²) in [6.45, 7) is 4.72. The topological polar surface area (TPSA) is 75.4 Å². The van der Waals surface area contributed by atoms with Crippen molar-refractivity contribution in [3.05, 3.63) is 35.6 Å². The van der Waals surface area contributed by atoms with Crippen LogP contribution in [0.3, 0.4) is 0 Å². The van der Waals surface area contributed by atoms with E-state index in [4.69, 9.17) is 4.52 Å². The van der Waals surface area contributed by atoms with Crippen molar-refractivity contribution < 1.29 is 9.32 Å². The summed E-state index contributed by atoms with van der Waals surface area (Å²) < 4.78 is 5.31. The standard InChI is InChI=1S/C17H23N5O2/c1-11(2)16-19-15(20-24-16)13-6-5-9-22(13)17(23)12-7-8-18-14(10-12)21(3)4/h7-8,10-11,13H,5-6,9H2,1-4H3/t13-/m1/s1. The molecular formula is C17H23N5O2. The van der Waals surface area contributed by atoms with Gasteiger partial charge in [-0.2, -0.15) is 4.98 Å². The Morgan fingerprint density at radius 3 is 2.88 bits per heavy atom. The largest absolute Gasteiger partial charge is 0.363 e. The van der Waals surface area contributed by atoms with E-state index in [1.54, 1.807) is 12.3 Å². The SMILES string of the molecule is CC(C)c1nc([C@H]2CCCN2C(=O)c2ccnc(N(C)C)c2)no1. The highest BCUT2D eigenvalue weighted by Crippen LogP contribution is 2.32. The van der Waals surface area contributed by atoms with Crippen LogP contribution in [0.4, 0.5) is 5.82 Å². The van der Waals surface area contributed by atoms with Gasteiger partial charge in [-0.25, -0.2) is 4.98 Å². The van der Waals surface area contributed by atoms with Crippen molar-refractivity contribution in [1.29, 1.82) is 0 Å². The van der Waals surface area contributed by atoms with Crippen LogP contribution in [0.5, 0.6) is 0 Å². The molecule has 0 bridgehead atoms. The molecular weight excluding hydrogens is 306 g/mol. The lowest BCUT2D eigenvalue weighted by atomic mass is 10.1. The smallest absolute Gasteiger partial charge is 0.254 e. The minimum atomic E-state index is -0.121. The molecule has 24 heavy (non-hydrogen) atoms. The lowest BCUT2D eigenvalue weighted by Gasteiger charge is -2.22. The van der Waals surface area contributed by atoms with Crippen molar-refractivity contribution in [2.45, 2.75) is 38.6 Å². The number of carbonyl (C=O) groups is 1. The first-order valence-electron chi connectivity index (χ1n) is 8.25. The van der Waals surface area contributed by atoms with Gasteiger partial charge in [0.25, 0.3) is 5.91 Å². The van der Waals surface area contributed by atoms with E-state index in [0.29, 0.717) is 23.8 Å². The highest BCUT2D eigenvalue weighted by Gasteiger charge is 2.34. The zero-order chi connectivity index (χ0) is 17.3. The molecule has 1 saturated heterocycles. The average Bonchev–Trinajstić information content (AvgIpc) is 3.23. The summed E-state index contributed by atoms with van der Waals surface area (Å²) in [5.41, 5.74) is 0.633. The average molecular weight is 329 g/mol. The third-order valence-corrected chi connectivity index (χ3v) is 4.21. The second kappa shape index (κ2) is 6.59. The van der Waals surface area contributed by atoms with E-state index >= 15 is 0 Å². The zero-order valence-electron chi connectivity index (χ0n) is 14.6. The first kappa shape index (κ1) is 16.4. The van der Waals surface area contributed by atoms with Gasteiger partial charge in [0.1, 0.15) is 5.82 Å². The van der Waals surface area contributed by atoms with Crippen LogP contribution in [-0.2, 0) is 0 Å². The Morgan fingerprint density at radius 1 is 1.42 bits per heavy atom. The number of hydrogen-bond acceptors (Lipinski definition) is 6. The lowest BCUT2D eigenvalue weighted by Crippen LogP contribution is -2.31. The van der Waals surface area contributed by atoms with Gasteiger partial charge in [0, 0.05) is 38.3 Å². The summed E-state index contributed by atoms with van der Waals surface area (Å²) in [7, 11) is 3.81. The molecule has 0 aliphatic carbocycles. The minimum Gasteiger partial charge on any atom is -0.363 e. The molecule has 7 nitrogen and oxygen atoms in total. The molecule has 2 aromatic rings. The van der Waals surface area contributed by atoms with Crippen LogP contribution in [0.15, 0.2) is 22.9 Å². The number of hydrogen-bond donors (Lipinski definition) is 0. The fraction of sp³-hybridized carbons (Fsp3) is 0.529. The number of nitrogens with zero attached hydrogens (tertiary/aromatic N) is 5. The van der Waals surface area contributed by atoms with Gasteiger partial charge < -0.3 is 14.3 Å². The van der Waals surface area contributed by atoms with Gasteiger partial charge in [0.05, 0.1) is 6.04 Å². The summed E-state index contributed by atoms with van der Waals surface area (Å²) in [4.78, 5) is 25.4. The fourth-order valence-electron chi connectivity index (χ4n) is 2.86. The number of anilines is 1. The molecule has 0 radical (unpaired) electrons. The number of rotatable bonds is 4. The maximum absolute atomic E-state index is 12.9. The number of carbonyl (C=O) groups excluding carboxylic acids is 1. The Hall–Kier alpha value is -2.44. The third kappa shape index (κ3) is 3.11. The maximum atomic E-state index is 12.9. The molecule has 1 atom stereocenters.